The highest BCUT2D eigenvalue weighted by Crippen LogP contribution is 2.49. The van der Waals surface area contributed by atoms with Crippen molar-refractivity contribution in [1.82, 2.24) is 29.4 Å². The Morgan fingerprint density at radius 3 is 1.01 bits per heavy atom. The van der Waals surface area contributed by atoms with Crippen molar-refractivity contribution in [1.29, 1.82) is 0 Å². The molecule has 794 valence electrons. The number of hydrogen-bond acceptors (Lipinski definition) is 10. The summed E-state index contributed by atoms with van der Waals surface area (Å²) in [5, 5.41) is 3.04. The highest BCUT2D eigenvalue weighted by atomic mass is 16.2. The molecular weight excluding hydrogens is 1680 g/mol. The van der Waals surface area contributed by atoms with Gasteiger partial charge in [-0.05, 0) is 424 Å². The van der Waals surface area contributed by atoms with Crippen molar-refractivity contribution in [3.05, 3.63) is 119 Å². The number of carbonyl (C=O) groups excluding carboxylic acids is 1. The number of piperidine rings is 3. The molecule has 5 saturated heterocycles. The van der Waals surface area contributed by atoms with E-state index in [1.54, 1.807) is 0 Å². The largest absolute Gasteiger partial charge is 0.363 e. The smallest absolute Gasteiger partial charge is 0.247 e. The van der Waals surface area contributed by atoms with Crippen molar-refractivity contribution in [2.75, 3.05) is 72.4 Å². The standard InChI is InChI=1S/2C17H27N.C16H24N2O.C16H25N.2C13H27N.2C12H25N.C11H23N/c1-16(2,3)15-11-13-9-7-8-10-14(13)12-18(15)17(4,5)6;1-16(2,3)15-12-11-13-9-7-8-10-14(13)18(15)17(4,5)6;1-15(2,3)13-14(19)17-11-9-7-8-10-12(11)18(13)16(4,5)6;1-15(2,3)14-11-12-9-7-8-10-13(12)17(14)16(4,5)6;1-12(2,3)11-8-7-9-14(10-11)13(4,5)6;1-12(2,3)11-9-7-8-10-14(11)13(4,5)6;1-11(2,3)10-8-7-9-13(10)12(4,5)6;1-10(2)11-6-8-13(9-7-11)12(3,4)5;1-9(2)10-6-7-12(8-10)11(3,4)5/h2*7-10,15H,11-12H2,1-6H3;7-10,13H,1-6H3,(H,17,19);7-10,14H,11H2,1-6H3;2*11H,7-10H2,1-6H3;10H,7-9H2,1-6H3;10-11H,6-9H2,1-5H3;9-10H,6-8H2,1-5H3. The molecule has 4 aromatic carbocycles. The van der Waals surface area contributed by atoms with Crippen molar-refractivity contribution in [2.24, 2.45) is 67.5 Å². The first-order valence-electron chi connectivity index (χ1n) is 55.8. The van der Waals surface area contributed by atoms with Crippen molar-refractivity contribution in [3.8, 4) is 0 Å². The molecule has 0 saturated carbocycles. The van der Waals surface area contributed by atoms with Gasteiger partial charge in [-0.1, -0.05) is 252 Å². The number of aryl methyl sites for hydroxylation is 1. The number of carbonyl (C=O) groups is 1. The second-order valence-electron chi connectivity index (χ2n) is 60.9. The van der Waals surface area contributed by atoms with Gasteiger partial charge < -0.3 is 20.0 Å². The van der Waals surface area contributed by atoms with Crippen LogP contribution in [-0.4, -0.2) is 174 Å². The molecular formula is C127H230N10O. The SMILES string of the molecule is CC(C)(C)C1C(=O)Nc2ccccc2N1C(C)(C)C.CC(C)(C)C1CCCCN1C(C)(C)C.CC(C)(C)C1CCCN(C(C)(C)C)C1.CC(C)(C)C1CCCN1C(C)(C)C.CC(C)(C)C1CCc2ccccc2N1C(C)(C)C.CC(C)(C)C1Cc2ccccc2CN1C(C)(C)C.CC(C)(C)C1Cc2ccccc2N1C(C)(C)C.CC(C)C1CCN(C(C)(C)C)C1.CC(C)C1CCN(C(C)(C)C)CC1. The lowest BCUT2D eigenvalue weighted by Gasteiger charge is -2.52. The van der Waals surface area contributed by atoms with Crippen molar-refractivity contribution in [3.63, 3.8) is 0 Å². The van der Waals surface area contributed by atoms with Crippen LogP contribution in [0.25, 0.3) is 0 Å². The van der Waals surface area contributed by atoms with Crippen LogP contribution in [0.1, 0.15) is 453 Å². The van der Waals surface area contributed by atoms with E-state index in [0.29, 0.717) is 78.3 Å². The zero-order valence-electron chi connectivity index (χ0n) is 101. The van der Waals surface area contributed by atoms with Gasteiger partial charge in [0.25, 0.3) is 0 Å². The average molecular weight is 1910 g/mol. The lowest BCUT2D eigenvalue weighted by molar-refractivity contribution is -0.120. The molecule has 0 spiro atoms. The summed E-state index contributed by atoms with van der Waals surface area (Å²) < 4.78 is 0. The predicted octanol–water partition coefficient (Wildman–Crippen LogP) is 33.3. The molecule has 9 aliphatic rings. The summed E-state index contributed by atoms with van der Waals surface area (Å²) in [5.41, 5.74) is 15.4. The Labute approximate surface area is 859 Å². The summed E-state index contributed by atoms with van der Waals surface area (Å²) in [6, 6.07) is 37.9. The summed E-state index contributed by atoms with van der Waals surface area (Å²) >= 11 is 0. The van der Waals surface area contributed by atoms with Gasteiger partial charge in [0.1, 0.15) is 6.04 Å². The van der Waals surface area contributed by atoms with Gasteiger partial charge >= 0.3 is 0 Å². The second-order valence-corrected chi connectivity index (χ2v) is 60.9. The number of fused-ring (bicyclic) bond motifs is 4. The molecule has 11 nitrogen and oxygen atoms in total. The second kappa shape index (κ2) is 48.0. The van der Waals surface area contributed by atoms with Gasteiger partial charge in [-0.15, -0.1) is 0 Å². The van der Waals surface area contributed by atoms with Gasteiger partial charge in [0.05, 0.1) is 11.4 Å². The van der Waals surface area contributed by atoms with Gasteiger partial charge in [-0.25, -0.2) is 0 Å². The first kappa shape index (κ1) is 124. The van der Waals surface area contributed by atoms with Crippen molar-refractivity contribution < 1.29 is 4.79 Å². The summed E-state index contributed by atoms with van der Waals surface area (Å²) in [7, 11) is 0. The molecule has 8 atom stereocenters. The Kier molecular flexibility index (Phi) is 43.1. The molecule has 8 unspecified atom stereocenters. The maximum absolute atomic E-state index is 12.5. The molecule has 0 radical (unpaired) electrons. The average Bonchev–Trinajstić information content (AvgIpc) is 1.68. The number of hydrogen-bond donors (Lipinski definition) is 1. The number of para-hydroxylation sites is 4. The molecule has 1 amide bonds. The minimum Gasteiger partial charge on any atom is -0.363 e. The van der Waals surface area contributed by atoms with Crippen LogP contribution in [0.2, 0.25) is 0 Å². The normalized spacial score (nSPS) is 23.2. The van der Waals surface area contributed by atoms with E-state index >= 15 is 0 Å². The van der Waals surface area contributed by atoms with E-state index in [2.05, 4.69) is 488 Å². The number of likely N-dealkylation sites (tertiary alicyclic amines) is 5. The monoisotopic (exact) mass is 1910 g/mol. The first-order chi connectivity index (χ1) is 62.2. The van der Waals surface area contributed by atoms with Crippen LogP contribution < -0.4 is 20.0 Å². The van der Waals surface area contributed by atoms with Crippen LogP contribution in [0.3, 0.4) is 0 Å². The Morgan fingerprint density at radius 1 is 0.268 bits per heavy atom. The zero-order chi connectivity index (χ0) is 106. The fourth-order valence-corrected chi connectivity index (χ4v) is 23.5. The summed E-state index contributed by atoms with van der Waals surface area (Å²) in [6.07, 6.45) is 18.7. The Bertz CT molecular complexity index is 4130. The number of amides is 1. The number of rotatable bonds is 2. The summed E-state index contributed by atoms with van der Waals surface area (Å²) in [5.74, 6) is 4.60. The predicted molar refractivity (Wildman–Crippen MR) is 614 cm³/mol. The Morgan fingerprint density at radius 2 is 0.623 bits per heavy atom. The molecule has 9 heterocycles. The van der Waals surface area contributed by atoms with Crippen LogP contribution in [0.4, 0.5) is 22.7 Å². The first-order valence-corrected chi connectivity index (χ1v) is 55.8. The highest BCUT2D eigenvalue weighted by molar-refractivity contribution is 6.04. The molecule has 11 heteroatoms. The molecule has 0 aromatic heterocycles. The minimum atomic E-state index is -0.164. The highest BCUT2D eigenvalue weighted by Gasteiger charge is 2.49. The van der Waals surface area contributed by atoms with E-state index < -0.39 is 0 Å². The maximum Gasteiger partial charge on any atom is 0.247 e. The summed E-state index contributed by atoms with van der Waals surface area (Å²) in [4.78, 5) is 35.9. The lowest BCUT2D eigenvalue weighted by atomic mass is 9.75. The Balaban J connectivity index is 0.000000275. The van der Waals surface area contributed by atoms with Crippen molar-refractivity contribution >= 4 is 28.7 Å². The van der Waals surface area contributed by atoms with E-state index in [1.807, 2.05) is 18.2 Å². The lowest BCUT2D eigenvalue weighted by Crippen LogP contribution is -2.61. The van der Waals surface area contributed by atoms with Crippen LogP contribution >= 0.6 is 0 Å². The molecule has 1 N–H and O–H groups in total. The molecule has 13 rings (SSSR count). The molecule has 0 bridgehead atoms. The molecule has 9 aliphatic heterocycles. The number of benzene rings is 4. The zero-order valence-corrected chi connectivity index (χ0v) is 101. The maximum atomic E-state index is 12.5. The molecule has 5 fully saturated rings. The van der Waals surface area contributed by atoms with E-state index in [1.165, 1.54) is 176 Å². The van der Waals surface area contributed by atoms with Gasteiger partial charge in [0, 0.05) is 111 Å². The number of nitrogens with zero attached hydrogens (tertiary/aromatic N) is 9. The van der Waals surface area contributed by atoms with Crippen LogP contribution in [0, 0.1) is 67.5 Å². The van der Waals surface area contributed by atoms with Gasteiger partial charge in [0.2, 0.25) is 5.91 Å². The quantitative estimate of drug-likeness (QED) is 0.210. The van der Waals surface area contributed by atoms with Crippen LogP contribution in [0.15, 0.2) is 97.1 Å². The molecule has 4 aromatic rings. The van der Waals surface area contributed by atoms with E-state index in [0.717, 1.165) is 59.6 Å². The fourth-order valence-electron chi connectivity index (χ4n) is 23.5. The third-order valence-corrected chi connectivity index (χ3v) is 31.9. The number of nitrogens with one attached hydrogen (secondary N) is 1. The van der Waals surface area contributed by atoms with E-state index in [-0.39, 0.29) is 39.5 Å². The van der Waals surface area contributed by atoms with E-state index in [4.69, 9.17) is 0 Å². The van der Waals surface area contributed by atoms with E-state index in [9.17, 15) is 4.79 Å². The third-order valence-electron chi connectivity index (χ3n) is 31.9. The Hall–Kier alpha value is -4.49. The molecule has 138 heavy (non-hydrogen) atoms. The molecule has 0 aliphatic carbocycles. The van der Waals surface area contributed by atoms with Crippen LogP contribution in [-0.2, 0) is 30.6 Å². The van der Waals surface area contributed by atoms with Gasteiger partial charge in [-0.3, -0.25) is 34.2 Å². The van der Waals surface area contributed by atoms with Crippen molar-refractivity contribution in [2.45, 2.75) is 543 Å². The number of anilines is 4. The summed E-state index contributed by atoms with van der Waals surface area (Å²) in [6.45, 7) is 132. The topological polar surface area (TPSA) is 58.3 Å². The van der Waals surface area contributed by atoms with Crippen LogP contribution in [0.5, 0.6) is 0 Å². The fraction of sp³-hybridized carbons (Fsp3) is 0.803. The minimum absolute atomic E-state index is 0.0844. The van der Waals surface area contributed by atoms with Gasteiger partial charge in [-0.2, -0.15) is 0 Å². The third kappa shape index (κ3) is 36.9. The van der Waals surface area contributed by atoms with Gasteiger partial charge in [0.15, 0.2) is 0 Å².